The zero-order chi connectivity index (χ0) is 12.6. The molecule has 1 N–H and O–H groups in total. The second kappa shape index (κ2) is 5.10. The molecule has 104 valence electrons. The summed E-state index contributed by atoms with van der Waals surface area (Å²) in [4.78, 5) is 2.63. The number of sulfone groups is 1. The van der Waals surface area contributed by atoms with Gasteiger partial charge in [0.2, 0.25) is 0 Å². The Morgan fingerprint density at radius 3 is 1.94 bits per heavy atom. The summed E-state index contributed by atoms with van der Waals surface area (Å²) < 4.78 is 22.8. The lowest BCUT2D eigenvalue weighted by molar-refractivity contribution is 0.181. The van der Waals surface area contributed by atoms with Crippen LogP contribution in [0.1, 0.15) is 38.5 Å². The molecular weight excluding hydrogens is 248 g/mol. The molecule has 1 saturated carbocycles. The molecule has 0 atom stereocenters. The third kappa shape index (κ3) is 3.25. The van der Waals surface area contributed by atoms with Crippen molar-refractivity contribution in [2.45, 2.75) is 56.7 Å². The van der Waals surface area contributed by atoms with Crippen LogP contribution >= 0.6 is 0 Å². The predicted octanol–water partition coefficient (Wildman–Crippen LogP) is 0.780. The molecule has 0 aromatic rings. The molecule has 0 spiro atoms. The molecule has 3 rings (SSSR count). The van der Waals surface area contributed by atoms with Crippen molar-refractivity contribution >= 4 is 9.84 Å². The summed E-state index contributed by atoms with van der Waals surface area (Å²) in [7, 11) is -2.72. The first-order valence-corrected chi connectivity index (χ1v) is 9.15. The summed E-state index contributed by atoms with van der Waals surface area (Å²) in [5.41, 5.74) is 0. The topological polar surface area (TPSA) is 49.4 Å². The summed E-state index contributed by atoms with van der Waals surface area (Å²) in [6.07, 6.45) is 6.90. The normalized spacial score (nSPS) is 31.6. The standard InChI is InChI=1S/C13H24N2O2S/c16-18(17)9-5-12(6-10-18)14-11-3-7-15(8-4-11)13-1-2-13/h11-14H,1-10H2. The van der Waals surface area contributed by atoms with Gasteiger partial charge in [0, 0.05) is 18.1 Å². The highest BCUT2D eigenvalue weighted by Crippen LogP contribution is 2.29. The Hall–Kier alpha value is -0.130. The molecule has 18 heavy (non-hydrogen) atoms. The van der Waals surface area contributed by atoms with Gasteiger partial charge in [0.1, 0.15) is 9.84 Å². The predicted molar refractivity (Wildman–Crippen MR) is 72.4 cm³/mol. The molecule has 2 saturated heterocycles. The Balaban J connectivity index is 1.41. The number of hydrogen-bond acceptors (Lipinski definition) is 4. The van der Waals surface area contributed by atoms with E-state index in [-0.39, 0.29) is 0 Å². The number of nitrogens with one attached hydrogen (secondary N) is 1. The van der Waals surface area contributed by atoms with E-state index in [0.717, 1.165) is 18.9 Å². The van der Waals surface area contributed by atoms with Gasteiger partial charge in [-0.05, 0) is 51.6 Å². The number of nitrogens with zero attached hydrogens (tertiary/aromatic N) is 1. The minimum Gasteiger partial charge on any atom is -0.311 e. The average Bonchev–Trinajstić information content (AvgIpc) is 3.17. The fourth-order valence-electron chi connectivity index (χ4n) is 3.26. The van der Waals surface area contributed by atoms with Crippen molar-refractivity contribution in [2.24, 2.45) is 0 Å². The molecule has 0 amide bonds. The molecule has 1 aliphatic carbocycles. The molecule has 3 aliphatic rings. The van der Waals surface area contributed by atoms with E-state index < -0.39 is 9.84 Å². The average molecular weight is 272 g/mol. The van der Waals surface area contributed by atoms with Crippen LogP contribution in [-0.2, 0) is 9.84 Å². The monoisotopic (exact) mass is 272 g/mol. The molecule has 0 aromatic carbocycles. The van der Waals surface area contributed by atoms with E-state index in [0.29, 0.717) is 23.6 Å². The molecule has 2 aliphatic heterocycles. The first-order valence-electron chi connectivity index (χ1n) is 7.33. The summed E-state index contributed by atoms with van der Waals surface area (Å²) in [6, 6.07) is 1.95. The summed E-state index contributed by atoms with van der Waals surface area (Å²) in [6.45, 7) is 2.46. The van der Waals surface area contributed by atoms with Crippen molar-refractivity contribution in [3.05, 3.63) is 0 Å². The molecule has 2 heterocycles. The molecule has 0 bridgehead atoms. The third-order valence-corrected chi connectivity index (χ3v) is 6.33. The molecule has 0 radical (unpaired) electrons. The highest BCUT2D eigenvalue weighted by atomic mass is 32.2. The van der Waals surface area contributed by atoms with Gasteiger partial charge in [-0.15, -0.1) is 0 Å². The zero-order valence-corrected chi connectivity index (χ0v) is 11.8. The van der Waals surface area contributed by atoms with Crippen LogP contribution in [-0.4, -0.2) is 56.0 Å². The summed E-state index contributed by atoms with van der Waals surface area (Å²) in [5, 5.41) is 3.68. The molecule has 0 aromatic heterocycles. The van der Waals surface area contributed by atoms with E-state index in [4.69, 9.17) is 0 Å². The van der Waals surface area contributed by atoms with Gasteiger partial charge < -0.3 is 10.2 Å². The highest BCUT2D eigenvalue weighted by molar-refractivity contribution is 7.91. The maximum Gasteiger partial charge on any atom is 0.150 e. The van der Waals surface area contributed by atoms with Gasteiger partial charge in [-0.25, -0.2) is 8.42 Å². The fraction of sp³-hybridized carbons (Fsp3) is 1.00. The van der Waals surface area contributed by atoms with E-state index in [1.807, 2.05) is 0 Å². The lowest BCUT2D eigenvalue weighted by atomic mass is 10.0. The highest BCUT2D eigenvalue weighted by Gasteiger charge is 2.32. The first kappa shape index (κ1) is 12.9. The van der Waals surface area contributed by atoms with E-state index in [1.54, 1.807) is 0 Å². The van der Waals surface area contributed by atoms with Gasteiger partial charge in [0.15, 0.2) is 0 Å². The first-order chi connectivity index (χ1) is 8.62. The van der Waals surface area contributed by atoms with Crippen LogP contribution in [0.15, 0.2) is 0 Å². The molecular formula is C13H24N2O2S. The van der Waals surface area contributed by atoms with E-state index in [9.17, 15) is 8.42 Å². The van der Waals surface area contributed by atoms with Gasteiger partial charge in [-0.1, -0.05) is 0 Å². The van der Waals surface area contributed by atoms with Crippen LogP contribution in [0.4, 0.5) is 0 Å². The summed E-state index contributed by atoms with van der Waals surface area (Å²) in [5.74, 6) is 0.761. The number of hydrogen-bond donors (Lipinski definition) is 1. The lowest BCUT2D eigenvalue weighted by Gasteiger charge is -2.35. The Morgan fingerprint density at radius 1 is 0.833 bits per heavy atom. The van der Waals surface area contributed by atoms with E-state index in [2.05, 4.69) is 10.2 Å². The van der Waals surface area contributed by atoms with Crippen molar-refractivity contribution in [1.82, 2.24) is 10.2 Å². The van der Waals surface area contributed by atoms with Crippen molar-refractivity contribution in [3.8, 4) is 0 Å². The maximum absolute atomic E-state index is 11.4. The van der Waals surface area contributed by atoms with Crippen LogP contribution in [0, 0.1) is 0 Å². The van der Waals surface area contributed by atoms with E-state index in [1.165, 1.54) is 38.8 Å². The Kier molecular flexibility index (Phi) is 3.65. The smallest absolute Gasteiger partial charge is 0.150 e. The fourth-order valence-corrected chi connectivity index (χ4v) is 4.75. The van der Waals surface area contributed by atoms with Crippen LogP contribution < -0.4 is 5.32 Å². The van der Waals surface area contributed by atoms with Crippen LogP contribution in [0.2, 0.25) is 0 Å². The van der Waals surface area contributed by atoms with Crippen LogP contribution in [0.5, 0.6) is 0 Å². The molecule has 4 nitrogen and oxygen atoms in total. The summed E-state index contributed by atoms with van der Waals surface area (Å²) >= 11 is 0. The van der Waals surface area contributed by atoms with E-state index >= 15 is 0 Å². The second-order valence-electron chi connectivity index (χ2n) is 6.13. The largest absolute Gasteiger partial charge is 0.311 e. The van der Waals surface area contributed by atoms with Gasteiger partial charge in [-0.3, -0.25) is 0 Å². The quantitative estimate of drug-likeness (QED) is 0.825. The van der Waals surface area contributed by atoms with Crippen LogP contribution in [0.3, 0.4) is 0 Å². The van der Waals surface area contributed by atoms with Crippen molar-refractivity contribution < 1.29 is 8.42 Å². The van der Waals surface area contributed by atoms with Gasteiger partial charge >= 0.3 is 0 Å². The number of likely N-dealkylation sites (tertiary alicyclic amines) is 1. The maximum atomic E-state index is 11.4. The Labute approximate surface area is 110 Å². The van der Waals surface area contributed by atoms with Gasteiger partial charge in [-0.2, -0.15) is 0 Å². The molecule has 0 unspecified atom stereocenters. The Morgan fingerprint density at radius 2 is 1.39 bits per heavy atom. The third-order valence-electron chi connectivity index (χ3n) is 4.62. The molecule has 5 heteroatoms. The minimum absolute atomic E-state index is 0.381. The van der Waals surface area contributed by atoms with Crippen molar-refractivity contribution in [2.75, 3.05) is 24.6 Å². The van der Waals surface area contributed by atoms with Gasteiger partial charge in [0.25, 0.3) is 0 Å². The van der Waals surface area contributed by atoms with Gasteiger partial charge in [0.05, 0.1) is 11.5 Å². The minimum atomic E-state index is -2.72. The number of piperidine rings is 1. The Bertz CT molecular complexity index is 370. The van der Waals surface area contributed by atoms with Crippen LogP contribution in [0.25, 0.3) is 0 Å². The van der Waals surface area contributed by atoms with Crippen molar-refractivity contribution in [1.29, 1.82) is 0 Å². The number of rotatable bonds is 3. The second-order valence-corrected chi connectivity index (χ2v) is 8.44. The lowest BCUT2D eigenvalue weighted by Crippen LogP contribution is -2.48. The molecule has 3 fully saturated rings. The van der Waals surface area contributed by atoms with Crippen molar-refractivity contribution in [3.63, 3.8) is 0 Å². The SMILES string of the molecule is O=S1(=O)CCC(NC2CCN(C3CC3)CC2)CC1. The zero-order valence-electron chi connectivity index (χ0n) is 11.0.